The molecule has 0 fully saturated rings. The van der Waals surface area contributed by atoms with Crippen molar-refractivity contribution in [3.8, 4) is 0 Å². The lowest BCUT2D eigenvalue weighted by Crippen LogP contribution is -2.44. The summed E-state index contributed by atoms with van der Waals surface area (Å²) < 4.78 is 30.6. The zero-order chi connectivity index (χ0) is 27.2. The molecule has 0 bridgehead atoms. The summed E-state index contributed by atoms with van der Waals surface area (Å²) in [7, 11) is -3.49. The van der Waals surface area contributed by atoms with E-state index in [1.54, 1.807) is 56.0 Å². The van der Waals surface area contributed by atoms with Gasteiger partial charge in [-0.3, -0.25) is 9.36 Å². The summed E-state index contributed by atoms with van der Waals surface area (Å²) in [5.74, 6) is -1.75. The van der Waals surface area contributed by atoms with Crippen LogP contribution in [-0.4, -0.2) is 46.4 Å². The zero-order valence-electron chi connectivity index (χ0n) is 22.6. The second-order valence-corrected chi connectivity index (χ2v) is 13.3. The summed E-state index contributed by atoms with van der Waals surface area (Å²) in [6.07, 6.45) is 1.31. The number of hydrogen-bond donors (Lipinski definition) is 1. The van der Waals surface area contributed by atoms with Gasteiger partial charge in [0.2, 0.25) is 0 Å². The average Bonchev–Trinajstić information content (AvgIpc) is 2.60. The number of benzene rings is 1. The van der Waals surface area contributed by atoms with Crippen molar-refractivity contribution >= 4 is 25.2 Å². The molecule has 1 aromatic carbocycles. The Hall–Kier alpha value is -2.15. The van der Waals surface area contributed by atoms with Gasteiger partial charge in [0.05, 0.1) is 23.8 Å². The number of esters is 1. The van der Waals surface area contributed by atoms with Crippen LogP contribution in [-0.2, 0) is 34.1 Å². The van der Waals surface area contributed by atoms with Crippen molar-refractivity contribution < 1.29 is 33.0 Å². The monoisotopic (exact) mass is 511 g/mol. The molecule has 1 aromatic rings. The fraction of sp³-hybridized carbons (Fsp3) is 0.615. The number of carboxylic acid groups (broad SMARTS) is 1. The Bertz CT molecular complexity index is 901. The minimum Gasteiger partial charge on any atom is -0.480 e. The molecule has 8 nitrogen and oxygen atoms in total. The molecule has 0 aliphatic carbocycles. The van der Waals surface area contributed by atoms with Crippen LogP contribution in [0.1, 0.15) is 74.3 Å². The van der Waals surface area contributed by atoms with Crippen LogP contribution in [0.25, 0.3) is 0 Å². The Morgan fingerprint density at radius 2 is 1.46 bits per heavy atom. The molecule has 0 saturated carbocycles. The van der Waals surface area contributed by atoms with Crippen molar-refractivity contribution in [3.05, 3.63) is 42.5 Å². The molecule has 9 heteroatoms. The van der Waals surface area contributed by atoms with E-state index in [1.165, 1.54) is 0 Å². The van der Waals surface area contributed by atoms with E-state index in [1.807, 2.05) is 41.5 Å². The Labute approximate surface area is 210 Å². The van der Waals surface area contributed by atoms with Gasteiger partial charge in [0.25, 0.3) is 0 Å². The topological polar surface area (TPSA) is 102 Å². The molecule has 0 heterocycles. The highest BCUT2D eigenvalue weighted by Crippen LogP contribution is 2.57. The fourth-order valence-corrected chi connectivity index (χ4v) is 5.85. The zero-order valence-corrected chi connectivity index (χ0v) is 23.5. The molecule has 0 amide bonds. The van der Waals surface area contributed by atoms with Gasteiger partial charge in [-0.1, -0.05) is 18.2 Å². The van der Waals surface area contributed by atoms with E-state index in [0.717, 1.165) is 0 Å². The SMILES string of the molecule is C=CCN(c1ccc(CP(=O)(OC(C)(C)C)OC(C)(C)C)cc1)[C@H](CC(=O)OC(C)(C)C)C(=O)O. The third-order valence-corrected chi connectivity index (χ3v) is 6.64. The van der Waals surface area contributed by atoms with Gasteiger partial charge in [0.15, 0.2) is 0 Å². The van der Waals surface area contributed by atoms with E-state index in [9.17, 15) is 19.3 Å². The highest BCUT2D eigenvalue weighted by molar-refractivity contribution is 7.53. The van der Waals surface area contributed by atoms with Crippen LogP contribution < -0.4 is 4.90 Å². The summed E-state index contributed by atoms with van der Waals surface area (Å²) in [5, 5.41) is 9.85. The summed E-state index contributed by atoms with van der Waals surface area (Å²) in [6, 6.07) is 5.81. The Balaban J connectivity index is 3.21. The molecule has 0 aliphatic heterocycles. The lowest BCUT2D eigenvalue weighted by Gasteiger charge is -2.32. The number of anilines is 1. The van der Waals surface area contributed by atoms with Crippen LogP contribution in [0, 0.1) is 0 Å². The Kier molecular flexibility index (Phi) is 10.3. The van der Waals surface area contributed by atoms with E-state index >= 15 is 0 Å². The minimum absolute atomic E-state index is 0.0591. The largest absolute Gasteiger partial charge is 0.480 e. The van der Waals surface area contributed by atoms with E-state index in [4.69, 9.17) is 13.8 Å². The van der Waals surface area contributed by atoms with Crippen LogP contribution in [0.3, 0.4) is 0 Å². The molecule has 0 aliphatic rings. The average molecular weight is 512 g/mol. The third-order valence-electron chi connectivity index (χ3n) is 4.24. The third kappa shape index (κ3) is 11.9. The normalized spacial score (nSPS) is 13.7. The molecule has 0 saturated heterocycles. The molecule has 0 spiro atoms. The van der Waals surface area contributed by atoms with Crippen LogP contribution in [0.4, 0.5) is 5.69 Å². The van der Waals surface area contributed by atoms with E-state index in [-0.39, 0.29) is 19.1 Å². The van der Waals surface area contributed by atoms with Gasteiger partial charge < -0.3 is 23.8 Å². The van der Waals surface area contributed by atoms with Crippen molar-refractivity contribution in [2.45, 2.75) is 97.7 Å². The number of carboxylic acids is 1. The highest BCUT2D eigenvalue weighted by atomic mass is 31.2. The second-order valence-electron chi connectivity index (χ2n) is 11.4. The Morgan fingerprint density at radius 1 is 0.971 bits per heavy atom. The van der Waals surface area contributed by atoms with Gasteiger partial charge in [-0.2, -0.15) is 0 Å². The molecule has 0 unspecified atom stereocenters. The van der Waals surface area contributed by atoms with Gasteiger partial charge in [0, 0.05) is 12.2 Å². The number of carbonyl (C=O) groups excluding carboxylic acids is 1. The smallest absolute Gasteiger partial charge is 0.336 e. The molecular formula is C26H42NO7P. The summed E-state index contributed by atoms with van der Waals surface area (Å²) in [5.41, 5.74) is -0.769. The fourth-order valence-electron chi connectivity index (χ4n) is 3.36. The maximum Gasteiger partial charge on any atom is 0.336 e. The van der Waals surface area contributed by atoms with Crippen LogP contribution in [0.5, 0.6) is 0 Å². The van der Waals surface area contributed by atoms with Crippen molar-refractivity contribution in [1.82, 2.24) is 0 Å². The molecule has 1 rings (SSSR count). The Morgan fingerprint density at radius 3 is 1.83 bits per heavy atom. The van der Waals surface area contributed by atoms with Crippen molar-refractivity contribution in [1.29, 1.82) is 0 Å². The quantitative estimate of drug-likeness (QED) is 0.213. The predicted molar refractivity (Wildman–Crippen MR) is 139 cm³/mol. The lowest BCUT2D eigenvalue weighted by molar-refractivity contribution is -0.157. The van der Waals surface area contributed by atoms with E-state index in [2.05, 4.69) is 6.58 Å². The molecular weight excluding hydrogens is 469 g/mol. The number of aliphatic carboxylic acids is 1. The van der Waals surface area contributed by atoms with Gasteiger partial charge in [-0.15, -0.1) is 6.58 Å². The van der Waals surface area contributed by atoms with Crippen molar-refractivity contribution in [3.63, 3.8) is 0 Å². The van der Waals surface area contributed by atoms with Crippen molar-refractivity contribution in [2.75, 3.05) is 11.4 Å². The maximum atomic E-state index is 13.6. The standard InChI is InChI=1S/C26H42NO7P/c1-11-16-27(21(23(29)30)17-22(28)32-24(2,3)4)20-14-12-19(13-15-20)18-35(31,33-25(5,6)7)34-26(8,9)10/h11-15,21H,1,16-18H2,2-10H3,(H,29,30)/t21-/m1/s1. The number of ether oxygens (including phenoxy) is 1. The first-order valence-electron chi connectivity index (χ1n) is 11.7. The van der Waals surface area contributed by atoms with Gasteiger partial charge in [-0.25, -0.2) is 4.79 Å². The van der Waals surface area contributed by atoms with E-state index < -0.39 is 42.4 Å². The highest BCUT2D eigenvalue weighted by Gasteiger charge is 2.36. The number of carbonyl (C=O) groups is 2. The first-order chi connectivity index (χ1) is 15.7. The number of rotatable bonds is 11. The number of hydrogen-bond acceptors (Lipinski definition) is 7. The maximum absolute atomic E-state index is 13.6. The van der Waals surface area contributed by atoms with Crippen LogP contribution >= 0.6 is 7.60 Å². The second kappa shape index (κ2) is 11.7. The molecule has 0 aromatic heterocycles. The minimum atomic E-state index is -3.49. The summed E-state index contributed by atoms with van der Waals surface area (Å²) in [6.45, 7) is 20.0. The van der Waals surface area contributed by atoms with Gasteiger partial charge in [0.1, 0.15) is 11.6 Å². The van der Waals surface area contributed by atoms with Crippen LogP contribution in [0.2, 0.25) is 0 Å². The summed E-state index contributed by atoms with van der Waals surface area (Å²) >= 11 is 0. The number of nitrogens with zero attached hydrogens (tertiary/aromatic N) is 1. The van der Waals surface area contributed by atoms with Gasteiger partial charge >= 0.3 is 19.5 Å². The molecule has 1 N–H and O–H groups in total. The van der Waals surface area contributed by atoms with Gasteiger partial charge in [-0.05, 0) is 80.0 Å². The molecule has 35 heavy (non-hydrogen) atoms. The van der Waals surface area contributed by atoms with Crippen molar-refractivity contribution in [2.24, 2.45) is 0 Å². The lowest BCUT2D eigenvalue weighted by atomic mass is 10.1. The first kappa shape index (κ1) is 30.9. The summed E-state index contributed by atoms with van der Waals surface area (Å²) in [4.78, 5) is 26.0. The molecule has 198 valence electrons. The predicted octanol–water partition coefficient (Wildman–Crippen LogP) is 6.19. The van der Waals surface area contributed by atoms with E-state index in [0.29, 0.717) is 11.3 Å². The first-order valence-corrected chi connectivity index (χ1v) is 13.4. The molecule has 0 radical (unpaired) electrons. The van der Waals surface area contributed by atoms with Crippen LogP contribution in [0.15, 0.2) is 36.9 Å². The molecule has 1 atom stereocenters.